The Morgan fingerprint density at radius 1 is 1.15 bits per heavy atom. The highest BCUT2D eigenvalue weighted by molar-refractivity contribution is 6.17. The molecule has 1 aromatic heterocycles. The molecule has 3 aromatic rings. The zero-order valence-electron chi connectivity index (χ0n) is 10.7. The molecule has 4 heteroatoms. The summed E-state index contributed by atoms with van der Waals surface area (Å²) in [7, 11) is 0. The molecule has 0 saturated heterocycles. The summed E-state index contributed by atoms with van der Waals surface area (Å²) in [5, 5.41) is 10.5. The Labute approximate surface area is 115 Å². The largest absolute Gasteiger partial charge is 0.480 e. The third-order valence-electron chi connectivity index (χ3n) is 3.23. The number of hydrogen-bond donors (Lipinski definition) is 2. The second kappa shape index (κ2) is 4.83. The normalized spacial score (nSPS) is 10.8. The highest BCUT2D eigenvalue weighted by atomic mass is 16.5. The molecule has 0 aliphatic heterocycles. The zero-order valence-corrected chi connectivity index (χ0v) is 10.7. The van der Waals surface area contributed by atoms with Crippen LogP contribution in [0.3, 0.4) is 0 Å². The average molecular weight is 267 g/mol. The van der Waals surface area contributed by atoms with E-state index >= 15 is 0 Å². The van der Waals surface area contributed by atoms with Crippen LogP contribution < -0.4 is 5.73 Å². The quantitative estimate of drug-likeness (QED) is 0.715. The highest BCUT2D eigenvalue weighted by Crippen LogP contribution is 2.32. The maximum absolute atomic E-state index is 12.5. The number of para-hydroxylation sites is 1. The minimum absolute atomic E-state index is 0.190. The molecule has 3 rings (SSSR count). The van der Waals surface area contributed by atoms with Crippen molar-refractivity contribution in [1.82, 2.24) is 0 Å². The van der Waals surface area contributed by atoms with Crippen molar-refractivity contribution in [3.63, 3.8) is 0 Å². The van der Waals surface area contributed by atoms with E-state index in [1.54, 1.807) is 42.5 Å². The summed E-state index contributed by atoms with van der Waals surface area (Å²) in [4.78, 5) is 12.5. The van der Waals surface area contributed by atoms with Gasteiger partial charge in [0, 0.05) is 17.5 Å². The van der Waals surface area contributed by atoms with Crippen LogP contribution in [-0.4, -0.2) is 10.9 Å². The predicted octanol–water partition coefficient (Wildman–Crippen LogP) is 2.83. The molecule has 2 aromatic carbocycles. The first-order valence-electron chi connectivity index (χ1n) is 6.25. The van der Waals surface area contributed by atoms with Gasteiger partial charge in [0.25, 0.3) is 5.95 Å². The second-order valence-corrected chi connectivity index (χ2v) is 4.51. The molecule has 0 aliphatic carbocycles. The van der Waals surface area contributed by atoms with Crippen LogP contribution in [0.2, 0.25) is 0 Å². The highest BCUT2D eigenvalue weighted by Gasteiger charge is 2.21. The molecule has 20 heavy (non-hydrogen) atoms. The fourth-order valence-electron chi connectivity index (χ4n) is 2.24. The van der Waals surface area contributed by atoms with E-state index in [4.69, 9.17) is 10.2 Å². The lowest BCUT2D eigenvalue weighted by Gasteiger charge is -2.02. The molecule has 0 aliphatic rings. The van der Waals surface area contributed by atoms with Crippen molar-refractivity contribution in [2.75, 3.05) is 0 Å². The van der Waals surface area contributed by atoms with Crippen molar-refractivity contribution in [3.8, 4) is 5.95 Å². The Morgan fingerprint density at radius 2 is 1.95 bits per heavy atom. The Hall–Kier alpha value is -2.59. The van der Waals surface area contributed by atoms with Crippen molar-refractivity contribution in [3.05, 3.63) is 65.2 Å². The number of furan rings is 1. The fourth-order valence-corrected chi connectivity index (χ4v) is 2.24. The lowest BCUT2D eigenvalue weighted by Crippen LogP contribution is -2.03. The molecule has 0 bridgehead atoms. The third-order valence-corrected chi connectivity index (χ3v) is 3.23. The number of ketones is 1. The number of carbonyl (C=O) groups excluding carboxylic acids is 1. The van der Waals surface area contributed by atoms with Gasteiger partial charge in [-0.15, -0.1) is 0 Å². The van der Waals surface area contributed by atoms with E-state index in [2.05, 4.69) is 0 Å². The first kappa shape index (κ1) is 12.4. The maximum atomic E-state index is 12.5. The van der Waals surface area contributed by atoms with E-state index < -0.39 is 0 Å². The molecular weight excluding hydrogens is 254 g/mol. The van der Waals surface area contributed by atoms with Gasteiger partial charge in [0.05, 0.1) is 0 Å². The molecule has 1 heterocycles. The number of fused-ring (bicyclic) bond motifs is 1. The molecule has 0 saturated carbocycles. The van der Waals surface area contributed by atoms with E-state index in [-0.39, 0.29) is 17.3 Å². The number of hydrogen-bond acceptors (Lipinski definition) is 4. The van der Waals surface area contributed by atoms with Crippen LogP contribution in [0, 0.1) is 0 Å². The van der Waals surface area contributed by atoms with Crippen LogP contribution in [0.25, 0.3) is 11.0 Å². The third kappa shape index (κ3) is 1.96. The molecule has 0 unspecified atom stereocenters. The minimum Gasteiger partial charge on any atom is -0.480 e. The van der Waals surface area contributed by atoms with Crippen LogP contribution in [0.15, 0.2) is 52.9 Å². The minimum atomic E-state index is -0.352. The van der Waals surface area contributed by atoms with E-state index in [0.29, 0.717) is 23.1 Å². The first-order chi connectivity index (χ1) is 9.70. The number of carbonyl (C=O) groups is 1. The standard InChI is InChI=1S/C16H13NO3/c17-9-10-4-3-5-11(8-10)15(18)14-12-6-1-2-7-13(12)20-16(14)19/h1-8,19H,9,17H2. The molecule has 3 N–H and O–H groups in total. The summed E-state index contributed by atoms with van der Waals surface area (Å²) >= 11 is 0. The summed E-state index contributed by atoms with van der Waals surface area (Å²) in [6.07, 6.45) is 0. The van der Waals surface area contributed by atoms with Crippen LogP contribution in [0.5, 0.6) is 5.95 Å². The molecule has 0 fully saturated rings. The van der Waals surface area contributed by atoms with Gasteiger partial charge in [-0.2, -0.15) is 0 Å². The van der Waals surface area contributed by atoms with Crippen molar-refractivity contribution in [1.29, 1.82) is 0 Å². The van der Waals surface area contributed by atoms with E-state index in [1.165, 1.54) is 0 Å². The number of nitrogens with two attached hydrogens (primary N) is 1. The Morgan fingerprint density at radius 3 is 2.75 bits per heavy atom. The van der Waals surface area contributed by atoms with E-state index in [9.17, 15) is 9.90 Å². The number of aromatic hydroxyl groups is 1. The number of benzene rings is 2. The Kier molecular flexibility index (Phi) is 3.00. The summed E-state index contributed by atoms with van der Waals surface area (Å²) < 4.78 is 5.21. The second-order valence-electron chi connectivity index (χ2n) is 4.51. The van der Waals surface area contributed by atoms with Crippen LogP contribution in [0.4, 0.5) is 0 Å². The van der Waals surface area contributed by atoms with Gasteiger partial charge >= 0.3 is 0 Å². The van der Waals surface area contributed by atoms with Gasteiger partial charge in [-0.25, -0.2) is 0 Å². The lowest BCUT2D eigenvalue weighted by atomic mass is 10.0. The Balaban J connectivity index is 2.14. The van der Waals surface area contributed by atoms with Crippen molar-refractivity contribution >= 4 is 16.8 Å². The molecule has 0 radical (unpaired) electrons. The summed E-state index contributed by atoms with van der Waals surface area (Å²) in [5.41, 5.74) is 7.60. The van der Waals surface area contributed by atoms with Gasteiger partial charge in [0.2, 0.25) is 5.78 Å². The fraction of sp³-hybridized carbons (Fsp3) is 0.0625. The maximum Gasteiger partial charge on any atom is 0.294 e. The van der Waals surface area contributed by atoms with Crippen molar-refractivity contribution < 1.29 is 14.3 Å². The van der Waals surface area contributed by atoms with Crippen LogP contribution in [0.1, 0.15) is 21.5 Å². The van der Waals surface area contributed by atoms with Crippen molar-refractivity contribution in [2.24, 2.45) is 5.73 Å². The average Bonchev–Trinajstić information content (AvgIpc) is 2.82. The van der Waals surface area contributed by atoms with Gasteiger partial charge in [-0.05, 0) is 17.7 Å². The molecular formula is C16H13NO3. The predicted molar refractivity (Wildman–Crippen MR) is 75.6 cm³/mol. The van der Waals surface area contributed by atoms with Gasteiger partial charge in [0.1, 0.15) is 11.1 Å². The van der Waals surface area contributed by atoms with E-state index in [1.807, 2.05) is 6.07 Å². The van der Waals surface area contributed by atoms with Crippen LogP contribution >= 0.6 is 0 Å². The summed E-state index contributed by atoms with van der Waals surface area (Å²) in [6, 6.07) is 14.1. The van der Waals surface area contributed by atoms with Crippen molar-refractivity contribution in [2.45, 2.75) is 6.54 Å². The van der Waals surface area contributed by atoms with Gasteiger partial charge in [-0.1, -0.05) is 36.4 Å². The number of rotatable bonds is 3. The van der Waals surface area contributed by atoms with Gasteiger partial charge in [-0.3, -0.25) is 4.79 Å². The smallest absolute Gasteiger partial charge is 0.294 e. The Bertz CT molecular complexity index is 789. The first-order valence-corrected chi connectivity index (χ1v) is 6.25. The zero-order chi connectivity index (χ0) is 14.1. The summed E-state index contributed by atoms with van der Waals surface area (Å²) in [5.74, 6) is -0.628. The van der Waals surface area contributed by atoms with Gasteiger partial charge in [0.15, 0.2) is 0 Å². The molecule has 100 valence electrons. The summed E-state index contributed by atoms with van der Waals surface area (Å²) in [6.45, 7) is 0.360. The SMILES string of the molecule is NCc1cccc(C(=O)c2c(O)oc3ccccc23)c1. The molecule has 4 nitrogen and oxygen atoms in total. The monoisotopic (exact) mass is 267 g/mol. The molecule has 0 atom stereocenters. The lowest BCUT2D eigenvalue weighted by molar-refractivity contribution is 0.103. The van der Waals surface area contributed by atoms with Crippen LogP contribution in [-0.2, 0) is 6.54 Å². The molecule has 0 amide bonds. The van der Waals surface area contributed by atoms with E-state index in [0.717, 1.165) is 5.56 Å². The topological polar surface area (TPSA) is 76.5 Å². The van der Waals surface area contributed by atoms with Gasteiger partial charge < -0.3 is 15.3 Å². The molecule has 0 spiro atoms.